The lowest BCUT2D eigenvalue weighted by atomic mass is 9.95. The largest absolute Gasteiger partial charge is 0.317 e. The molecule has 94 valence electrons. The van der Waals surface area contributed by atoms with E-state index < -0.39 is 0 Å². The summed E-state index contributed by atoms with van der Waals surface area (Å²) in [6.45, 7) is 2.22. The molecule has 0 amide bonds. The van der Waals surface area contributed by atoms with Gasteiger partial charge in [0, 0.05) is 17.0 Å². The Hall–Kier alpha value is -0.470. The molecule has 2 heteroatoms. The van der Waals surface area contributed by atoms with Crippen molar-refractivity contribution in [1.29, 1.82) is 0 Å². The molecule has 2 atom stereocenters. The first kappa shape index (κ1) is 13.0. The summed E-state index contributed by atoms with van der Waals surface area (Å²) in [6.07, 6.45) is 5.48. The molecule has 1 N–H and O–H groups in total. The van der Waals surface area contributed by atoms with E-state index in [4.69, 9.17) is 0 Å². The van der Waals surface area contributed by atoms with Crippen LogP contribution in [0.5, 0.6) is 0 Å². The third-order valence-electron chi connectivity index (χ3n) is 3.77. The zero-order valence-corrected chi connectivity index (χ0v) is 11.7. The van der Waals surface area contributed by atoms with E-state index in [9.17, 15) is 0 Å². The van der Waals surface area contributed by atoms with Crippen LogP contribution in [-0.4, -0.2) is 18.3 Å². The second-order valence-electron chi connectivity index (χ2n) is 5.01. The zero-order valence-electron chi connectivity index (χ0n) is 10.9. The molecular formula is C15H23NS. The van der Waals surface area contributed by atoms with Gasteiger partial charge in [0.05, 0.1) is 0 Å². The fraction of sp³-hybridized carbons (Fsp3) is 0.600. The average molecular weight is 249 g/mol. The van der Waals surface area contributed by atoms with Crippen molar-refractivity contribution in [2.24, 2.45) is 0 Å². The van der Waals surface area contributed by atoms with Crippen molar-refractivity contribution >= 4 is 11.8 Å². The van der Waals surface area contributed by atoms with Gasteiger partial charge in [-0.3, -0.25) is 0 Å². The van der Waals surface area contributed by atoms with Crippen LogP contribution in [0, 0.1) is 6.92 Å². The molecule has 1 aliphatic rings. The predicted octanol–water partition coefficient (Wildman–Crippen LogP) is 3.76. The monoisotopic (exact) mass is 249 g/mol. The molecule has 1 nitrogen and oxygen atoms in total. The summed E-state index contributed by atoms with van der Waals surface area (Å²) in [7, 11) is 2.10. The average Bonchev–Trinajstić information content (AvgIpc) is 2.38. The van der Waals surface area contributed by atoms with Crippen molar-refractivity contribution in [3.8, 4) is 0 Å². The van der Waals surface area contributed by atoms with Crippen LogP contribution >= 0.6 is 11.8 Å². The minimum Gasteiger partial charge on any atom is -0.317 e. The SMILES string of the molecule is CNC1CCCC(SCc2ccccc2C)C1. The molecule has 0 saturated heterocycles. The highest BCUT2D eigenvalue weighted by molar-refractivity contribution is 7.99. The van der Waals surface area contributed by atoms with Gasteiger partial charge < -0.3 is 5.32 Å². The van der Waals surface area contributed by atoms with Crippen molar-refractivity contribution in [3.05, 3.63) is 35.4 Å². The van der Waals surface area contributed by atoms with E-state index in [1.807, 2.05) is 0 Å². The molecule has 2 unspecified atom stereocenters. The number of nitrogens with one attached hydrogen (secondary N) is 1. The summed E-state index contributed by atoms with van der Waals surface area (Å²) in [5, 5.41) is 4.28. The van der Waals surface area contributed by atoms with Gasteiger partial charge in [-0.25, -0.2) is 0 Å². The fourth-order valence-corrected chi connectivity index (χ4v) is 3.98. The molecule has 0 spiro atoms. The fourth-order valence-electron chi connectivity index (χ4n) is 2.54. The van der Waals surface area contributed by atoms with Gasteiger partial charge in [-0.15, -0.1) is 0 Å². The second-order valence-corrected chi connectivity index (χ2v) is 6.30. The van der Waals surface area contributed by atoms with Gasteiger partial charge in [0.2, 0.25) is 0 Å². The number of aryl methyl sites for hydroxylation is 1. The molecule has 0 heterocycles. The summed E-state index contributed by atoms with van der Waals surface area (Å²) in [4.78, 5) is 0. The highest BCUT2D eigenvalue weighted by Gasteiger charge is 2.20. The molecule has 0 bridgehead atoms. The Kier molecular flexibility index (Phi) is 4.93. The summed E-state index contributed by atoms with van der Waals surface area (Å²) >= 11 is 2.14. The van der Waals surface area contributed by atoms with Crippen LogP contribution in [0.4, 0.5) is 0 Å². The quantitative estimate of drug-likeness (QED) is 0.872. The molecule has 0 aromatic heterocycles. The Bertz CT molecular complexity index is 351. The van der Waals surface area contributed by atoms with Crippen LogP contribution in [0.25, 0.3) is 0 Å². The van der Waals surface area contributed by atoms with Crippen molar-refractivity contribution in [1.82, 2.24) is 5.32 Å². The Balaban J connectivity index is 1.84. The first-order valence-corrected chi connectivity index (χ1v) is 7.68. The summed E-state index contributed by atoms with van der Waals surface area (Å²) in [5.74, 6) is 1.17. The van der Waals surface area contributed by atoms with Gasteiger partial charge in [0.15, 0.2) is 0 Å². The van der Waals surface area contributed by atoms with Gasteiger partial charge >= 0.3 is 0 Å². The normalized spacial score (nSPS) is 24.8. The smallest absolute Gasteiger partial charge is 0.0189 e. The maximum absolute atomic E-state index is 3.43. The van der Waals surface area contributed by atoms with E-state index in [0.29, 0.717) is 0 Å². The standard InChI is InChI=1S/C15H23NS/c1-12-6-3-4-7-13(12)11-17-15-9-5-8-14(10-15)16-2/h3-4,6-7,14-16H,5,8-11H2,1-2H3. The lowest BCUT2D eigenvalue weighted by Crippen LogP contribution is -2.32. The highest BCUT2D eigenvalue weighted by atomic mass is 32.2. The van der Waals surface area contributed by atoms with Gasteiger partial charge in [-0.05, 0) is 44.4 Å². The van der Waals surface area contributed by atoms with Crippen molar-refractivity contribution in [2.75, 3.05) is 7.05 Å². The van der Waals surface area contributed by atoms with Crippen molar-refractivity contribution in [3.63, 3.8) is 0 Å². The first-order chi connectivity index (χ1) is 8.29. The van der Waals surface area contributed by atoms with Gasteiger partial charge in [-0.1, -0.05) is 30.7 Å². The number of benzene rings is 1. The van der Waals surface area contributed by atoms with E-state index in [2.05, 4.69) is 55.3 Å². The molecule has 2 rings (SSSR count). The van der Waals surface area contributed by atoms with Crippen LogP contribution in [-0.2, 0) is 5.75 Å². The Morgan fingerprint density at radius 2 is 2.12 bits per heavy atom. The number of hydrogen-bond donors (Lipinski definition) is 1. The molecule has 1 saturated carbocycles. The first-order valence-electron chi connectivity index (χ1n) is 6.63. The second kappa shape index (κ2) is 6.46. The maximum atomic E-state index is 3.43. The van der Waals surface area contributed by atoms with Gasteiger partial charge in [0.25, 0.3) is 0 Å². The van der Waals surface area contributed by atoms with E-state index in [1.165, 1.54) is 42.6 Å². The minimum absolute atomic E-state index is 0.748. The molecule has 1 aromatic rings. The van der Waals surface area contributed by atoms with Crippen LogP contribution in [0.1, 0.15) is 36.8 Å². The predicted molar refractivity (Wildman–Crippen MR) is 77.6 cm³/mol. The van der Waals surface area contributed by atoms with E-state index in [0.717, 1.165) is 11.3 Å². The van der Waals surface area contributed by atoms with E-state index in [1.54, 1.807) is 0 Å². The molecule has 17 heavy (non-hydrogen) atoms. The molecule has 1 fully saturated rings. The van der Waals surface area contributed by atoms with Crippen LogP contribution < -0.4 is 5.32 Å². The number of thioether (sulfide) groups is 1. The highest BCUT2D eigenvalue weighted by Crippen LogP contribution is 2.31. The van der Waals surface area contributed by atoms with Crippen molar-refractivity contribution in [2.45, 2.75) is 49.7 Å². The van der Waals surface area contributed by atoms with Crippen LogP contribution in [0.2, 0.25) is 0 Å². The zero-order chi connectivity index (χ0) is 12.1. The minimum atomic E-state index is 0.748. The molecule has 1 aromatic carbocycles. The Morgan fingerprint density at radius 1 is 1.29 bits per heavy atom. The van der Waals surface area contributed by atoms with Gasteiger partial charge in [-0.2, -0.15) is 11.8 Å². The summed E-state index contributed by atoms with van der Waals surface area (Å²) in [5.41, 5.74) is 2.94. The summed E-state index contributed by atoms with van der Waals surface area (Å²) in [6, 6.07) is 9.51. The number of hydrogen-bond acceptors (Lipinski definition) is 2. The lowest BCUT2D eigenvalue weighted by molar-refractivity contribution is 0.402. The Morgan fingerprint density at radius 3 is 2.88 bits per heavy atom. The molecule has 0 aliphatic heterocycles. The molecule has 1 aliphatic carbocycles. The Labute approximate surface area is 109 Å². The van der Waals surface area contributed by atoms with Crippen molar-refractivity contribution < 1.29 is 0 Å². The van der Waals surface area contributed by atoms with Crippen LogP contribution in [0.15, 0.2) is 24.3 Å². The third kappa shape index (κ3) is 3.75. The maximum Gasteiger partial charge on any atom is 0.0189 e. The molecule has 0 radical (unpaired) electrons. The number of rotatable bonds is 4. The third-order valence-corrected chi connectivity index (χ3v) is 5.15. The lowest BCUT2D eigenvalue weighted by Gasteiger charge is -2.28. The van der Waals surface area contributed by atoms with E-state index in [-0.39, 0.29) is 0 Å². The topological polar surface area (TPSA) is 12.0 Å². The van der Waals surface area contributed by atoms with Crippen LogP contribution in [0.3, 0.4) is 0 Å². The summed E-state index contributed by atoms with van der Waals surface area (Å²) < 4.78 is 0. The van der Waals surface area contributed by atoms with Gasteiger partial charge in [0.1, 0.15) is 0 Å². The van der Waals surface area contributed by atoms with E-state index >= 15 is 0 Å². The molecular weight excluding hydrogens is 226 g/mol.